The zero-order chi connectivity index (χ0) is 19.8. The highest BCUT2D eigenvalue weighted by atomic mass is 79.9. The van der Waals surface area contributed by atoms with E-state index in [4.69, 9.17) is 0 Å². The molecular formula is C21H24BrN5O. The molecule has 4 rings (SSSR count). The number of hydrogen-bond donors (Lipinski definition) is 0. The quantitative estimate of drug-likeness (QED) is 0.458. The standard InChI is InChI=1S/C21H24BrN5O/c1-25(2)15-7-10-27(11-8-15)16-4-5-18-17(13-16)24-21(26(18)3)20(28)14-6-9-23-19(22)12-14/h4-6,9,12-13,15H,7-8,10-11H2,1-3H3. The number of rotatable bonds is 4. The fourth-order valence-corrected chi connectivity index (χ4v) is 4.27. The van der Waals surface area contributed by atoms with Gasteiger partial charge in [-0.05, 0) is 73.2 Å². The molecule has 2 aromatic heterocycles. The Morgan fingerprint density at radius 3 is 2.61 bits per heavy atom. The maximum Gasteiger partial charge on any atom is 0.228 e. The maximum absolute atomic E-state index is 12.9. The molecule has 3 heterocycles. The summed E-state index contributed by atoms with van der Waals surface area (Å²) in [7, 11) is 6.20. The number of imidazole rings is 1. The number of aryl methyl sites for hydroxylation is 1. The molecule has 0 radical (unpaired) electrons. The Kier molecular flexibility index (Phi) is 5.21. The summed E-state index contributed by atoms with van der Waals surface area (Å²) < 4.78 is 2.51. The van der Waals surface area contributed by atoms with Crippen molar-refractivity contribution in [3.05, 3.63) is 52.5 Å². The first-order chi connectivity index (χ1) is 13.4. The summed E-state index contributed by atoms with van der Waals surface area (Å²) in [4.78, 5) is 26.4. The molecule has 0 unspecified atom stereocenters. The summed E-state index contributed by atoms with van der Waals surface area (Å²) in [5, 5.41) is 0. The molecule has 1 aliphatic rings. The van der Waals surface area contributed by atoms with Crippen molar-refractivity contribution in [3.63, 3.8) is 0 Å². The van der Waals surface area contributed by atoms with Gasteiger partial charge in [0.1, 0.15) is 4.60 Å². The van der Waals surface area contributed by atoms with Crippen LogP contribution in [-0.2, 0) is 7.05 Å². The lowest BCUT2D eigenvalue weighted by Crippen LogP contribution is -2.41. The monoisotopic (exact) mass is 441 g/mol. The number of nitrogens with zero attached hydrogens (tertiary/aromatic N) is 5. The van der Waals surface area contributed by atoms with Gasteiger partial charge < -0.3 is 14.4 Å². The summed E-state index contributed by atoms with van der Waals surface area (Å²) in [6, 6.07) is 10.4. The summed E-state index contributed by atoms with van der Waals surface area (Å²) >= 11 is 3.32. The average molecular weight is 442 g/mol. The number of pyridine rings is 1. The third-order valence-electron chi connectivity index (χ3n) is 5.62. The second-order valence-corrected chi connectivity index (χ2v) is 8.36. The predicted octanol–water partition coefficient (Wildman–Crippen LogP) is 3.49. The first kappa shape index (κ1) is 19.1. The Morgan fingerprint density at radius 2 is 1.93 bits per heavy atom. The third-order valence-corrected chi connectivity index (χ3v) is 6.05. The molecule has 3 aromatic rings. The van der Waals surface area contributed by atoms with E-state index in [1.54, 1.807) is 18.3 Å². The van der Waals surface area contributed by atoms with Gasteiger partial charge in [-0.1, -0.05) is 0 Å². The van der Waals surface area contributed by atoms with Crippen molar-refractivity contribution in [2.24, 2.45) is 7.05 Å². The van der Waals surface area contributed by atoms with Crippen molar-refractivity contribution in [2.75, 3.05) is 32.1 Å². The van der Waals surface area contributed by atoms with E-state index < -0.39 is 0 Å². The molecule has 146 valence electrons. The zero-order valence-electron chi connectivity index (χ0n) is 16.4. The number of benzene rings is 1. The van der Waals surface area contributed by atoms with Crippen molar-refractivity contribution in [1.29, 1.82) is 0 Å². The van der Waals surface area contributed by atoms with Gasteiger partial charge >= 0.3 is 0 Å². The first-order valence-corrected chi connectivity index (χ1v) is 10.3. The normalized spacial score (nSPS) is 15.5. The summed E-state index contributed by atoms with van der Waals surface area (Å²) in [5.74, 6) is 0.340. The van der Waals surface area contributed by atoms with Crippen molar-refractivity contribution < 1.29 is 4.79 Å². The Balaban J connectivity index is 1.62. The maximum atomic E-state index is 12.9. The van der Waals surface area contributed by atoms with Gasteiger partial charge in [-0.3, -0.25) is 4.79 Å². The molecule has 0 N–H and O–H groups in total. The third kappa shape index (κ3) is 3.56. The van der Waals surface area contributed by atoms with Crippen LogP contribution in [0.1, 0.15) is 29.0 Å². The average Bonchev–Trinajstić information content (AvgIpc) is 3.03. The van der Waals surface area contributed by atoms with Crippen molar-refractivity contribution in [2.45, 2.75) is 18.9 Å². The summed E-state index contributed by atoms with van der Waals surface area (Å²) in [6.45, 7) is 2.08. The van der Waals surface area contributed by atoms with E-state index in [-0.39, 0.29) is 5.78 Å². The van der Waals surface area contributed by atoms with Crippen molar-refractivity contribution in [3.8, 4) is 0 Å². The molecule has 0 amide bonds. The number of halogens is 1. The summed E-state index contributed by atoms with van der Waals surface area (Å²) in [6.07, 6.45) is 3.94. The molecule has 1 saturated heterocycles. The number of fused-ring (bicyclic) bond motifs is 1. The van der Waals surface area contributed by atoms with Crippen molar-refractivity contribution in [1.82, 2.24) is 19.4 Å². The molecule has 0 atom stereocenters. The largest absolute Gasteiger partial charge is 0.371 e. The molecule has 0 bridgehead atoms. The molecule has 1 fully saturated rings. The Morgan fingerprint density at radius 1 is 1.18 bits per heavy atom. The number of carbonyl (C=O) groups excluding carboxylic acids is 1. The number of hydrogen-bond acceptors (Lipinski definition) is 5. The molecule has 0 saturated carbocycles. The van der Waals surface area contributed by atoms with Crippen LogP contribution in [0.15, 0.2) is 41.1 Å². The van der Waals surface area contributed by atoms with E-state index in [9.17, 15) is 4.79 Å². The summed E-state index contributed by atoms with van der Waals surface area (Å²) in [5.41, 5.74) is 3.56. The van der Waals surface area contributed by atoms with Crippen LogP contribution in [0.3, 0.4) is 0 Å². The highest BCUT2D eigenvalue weighted by Crippen LogP contribution is 2.26. The molecule has 0 spiro atoms. The van der Waals surface area contributed by atoms with E-state index in [0.29, 0.717) is 22.0 Å². The molecule has 1 aliphatic heterocycles. The number of piperidine rings is 1. The number of anilines is 1. The number of ketones is 1. The second kappa shape index (κ2) is 7.64. The SMILES string of the molecule is CN(C)C1CCN(c2ccc3c(c2)nc(C(=O)c2ccnc(Br)c2)n3C)CC1. The fourth-order valence-electron chi connectivity index (χ4n) is 3.90. The first-order valence-electron chi connectivity index (χ1n) is 9.48. The van der Waals surface area contributed by atoms with Crippen LogP contribution in [-0.4, -0.2) is 58.4 Å². The lowest BCUT2D eigenvalue weighted by molar-refractivity contribution is 0.102. The lowest BCUT2D eigenvalue weighted by atomic mass is 10.0. The molecular weight excluding hydrogens is 418 g/mol. The van der Waals surface area contributed by atoms with Crippen LogP contribution in [0.4, 0.5) is 5.69 Å². The van der Waals surface area contributed by atoms with E-state index in [2.05, 4.69) is 68.0 Å². The second-order valence-electron chi connectivity index (χ2n) is 7.55. The highest BCUT2D eigenvalue weighted by Gasteiger charge is 2.22. The Bertz CT molecular complexity index is 1020. The highest BCUT2D eigenvalue weighted by molar-refractivity contribution is 9.10. The smallest absolute Gasteiger partial charge is 0.228 e. The van der Waals surface area contributed by atoms with Gasteiger partial charge in [0, 0.05) is 43.6 Å². The van der Waals surface area contributed by atoms with Crippen molar-refractivity contribution >= 4 is 38.4 Å². The van der Waals surface area contributed by atoms with Crippen LogP contribution in [0.5, 0.6) is 0 Å². The lowest BCUT2D eigenvalue weighted by Gasteiger charge is -2.36. The minimum atomic E-state index is -0.102. The minimum Gasteiger partial charge on any atom is -0.371 e. The van der Waals surface area contributed by atoms with Crippen LogP contribution < -0.4 is 4.90 Å². The van der Waals surface area contributed by atoms with Gasteiger partial charge in [0.25, 0.3) is 0 Å². The Labute approximate surface area is 173 Å². The van der Waals surface area contributed by atoms with E-state index >= 15 is 0 Å². The van der Waals surface area contributed by atoms with Gasteiger partial charge in [-0.25, -0.2) is 9.97 Å². The topological polar surface area (TPSA) is 54.3 Å². The van der Waals surface area contributed by atoms with E-state index in [1.807, 2.05) is 11.6 Å². The van der Waals surface area contributed by atoms with Crippen LogP contribution >= 0.6 is 15.9 Å². The Hall–Kier alpha value is -2.25. The van der Waals surface area contributed by atoms with Gasteiger partial charge in [0.05, 0.1) is 11.0 Å². The van der Waals surface area contributed by atoms with Gasteiger partial charge in [-0.2, -0.15) is 0 Å². The number of carbonyl (C=O) groups is 1. The molecule has 1 aromatic carbocycles. The van der Waals surface area contributed by atoms with Crippen LogP contribution in [0.2, 0.25) is 0 Å². The molecule has 28 heavy (non-hydrogen) atoms. The minimum absolute atomic E-state index is 0.102. The zero-order valence-corrected chi connectivity index (χ0v) is 18.0. The van der Waals surface area contributed by atoms with Gasteiger partial charge in [-0.15, -0.1) is 0 Å². The predicted molar refractivity (Wildman–Crippen MR) is 115 cm³/mol. The van der Waals surface area contributed by atoms with Crippen LogP contribution in [0.25, 0.3) is 11.0 Å². The molecule has 6 nitrogen and oxygen atoms in total. The molecule has 7 heteroatoms. The van der Waals surface area contributed by atoms with Gasteiger partial charge in [0.15, 0.2) is 5.82 Å². The van der Waals surface area contributed by atoms with Crippen LogP contribution in [0, 0.1) is 0 Å². The fraction of sp³-hybridized carbons (Fsp3) is 0.381. The number of aromatic nitrogens is 3. The van der Waals surface area contributed by atoms with E-state index in [1.165, 1.54) is 5.69 Å². The van der Waals surface area contributed by atoms with E-state index in [0.717, 1.165) is 37.0 Å². The molecule has 0 aliphatic carbocycles. The van der Waals surface area contributed by atoms with Gasteiger partial charge in [0.2, 0.25) is 5.78 Å².